The lowest BCUT2D eigenvalue weighted by Gasteiger charge is -1.97. The minimum atomic E-state index is -1.66. The number of hydrogen-bond acceptors (Lipinski definition) is 4. The van der Waals surface area contributed by atoms with E-state index in [1.807, 2.05) is 0 Å². The summed E-state index contributed by atoms with van der Waals surface area (Å²) < 4.78 is 12.8. The molecule has 0 unspecified atom stereocenters. The topological polar surface area (TPSA) is 103 Å². The maximum atomic E-state index is 12.8. The molecule has 0 bridgehead atoms. The molecule has 0 aliphatic carbocycles. The van der Waals surface area contributed by atoms with E-state index in [1.54, 1.807) is 12.1 Å². The standard InChI is InChI=1S/C14H11FN2O4/c15-9-3-1-8(2-4-9)5-10-6-11(17-16-10)12(18)7-13(19)14(20)21/h1-4,6-7,18H,5H2,(H,16,17)(H,20,21). The Labute approximate surface area is 118 Å². The van der Waals surface area contributed by atoms with Gasteiger partial charge < -0.3 is 10.2 Å². The zero-order valence-electron chi connectivity index (χ0n) is 10.7. The SMILES string of the molecule is O=C(O)C(=O)C=C(O)c1cc(Cc2ccc(F)cc2)[nH]n1. The summed E-state index contributed by atoms with van der Waals surface area (Å²) in [7, 11) is 0. The van der Waals surface area contributed by atoms with Gasteiger partial charge in [-0.05, 0) is 23.8 Å². The van der Waals surface area contributed by atoms with Crippen molar-refractivity contribution in [2.24, 2.45) is 0 Å². The number of aromatic nitrogens is 2. The molecular weight excluding hydrogens is 279 g/mol. The molecule has 0 fully saturated rings. The number of halogens is 1. The summed E-state index contributed by atoms with van der Waals surface area (Å²) in [6, 6.07) is 7.36. The van der Waals surface area contributed by atoms with Crippen molar-refractivity contribution >= 4 is 17.5 Å². The zero-order valence-corrected chi connectivity index (χ0v) is 10.7. The molecule has 0 saturated heterocycles. The van der Waals surface area contributed by atoms with Crippen LogP contribution in [0, 0.1) is 5.82 Å². The van der Waals surface area contributed by atoms with Gasteiger partial charge in [-0.2, -0.15) is 5.10 Å². The highest BCUT2D eigenvalue weighted by molar-refractivity contribution is 6.38. The average Bonchev–Trinajstić information content (AvgIpc) is 2.90. The summed E-state index contributed by atoms with van der Waals surface area (Å²) in [6.07, 6.45) is 1.01. The van der Waals surface area contributed by atoms with Crippen LogP contribution in [0.3, 0.4) is 0 Å². The Morgan fingerprint density at radius 1 is 1.24 bits per heavy atom. The van der Waals surface area contributed by atoms with E-state index in [4.69, 9.17) is 5.11 Å². The van der Waals surface area contributed by atoms with Gasteiger partial charge in [-0.1, -0.05) is 12.1 Å². The third-order valence-corrected chi connectivity index (χ3v) is 2.68. The zero-order chi connectivity index (χ0) is 15.4. The van der Waals surface area contributed by atoms with Gasteiger partial charge in [0.25, 0.3) is 5.78 Å². The Hall–Kier alpha value is -2.96. The monoisotopic (exact) mass is 290 g/mol. The number of carbonyl (C=O) groups is 2. The summed E-state index contributed by atoms with van der Waals surface area (Å²) >= 11 is 0. The fourth-order valence-corrected chi connectivity index (χ4v) is 1.67. The molecule has 21 heavy (non-hydrogen) atoms. The molecule has 7 heteroatoms. The molecule has 0 radical (unpaired) electrons. The second kappa shape index (κ2) is 6.00. The highest BCUT2D eigenvalue weighted by atomic mass is 19.1. The van der Waals surface area contributed by atoms with Crippen molar-refractivity contribution in [2.75, 3.05) is 0 Å². The van der Waals surface area contributed by atoms with Gasteiger partial charge in [0.1, 0.15) is 17.3 Å². The number of benzene rings is 1. The fourth-order valence-electron chi connectivity index (χ4n) is 1.67. The number of carboxylic acids is 1. The highest BCUT2D eigenvalue weighted by Gasteiger charge is 2.12. The summed E-state index contributed by atoms with van der Waals surface area (Å²) in [5.74, 6) is -3.78. The summed E-state index contributed by atoms with van der Waals surface area (Å²) in [5, 5.41) is 24.5. The normalized spacial score (nSPS) is 11.4. The van der Waals surface area contributed by atoms with Crippen LogP contribution in [0.15, 0.2) is 36.4 Å². The predicted molar refractivity (Wildman–Crippen MR) is 71.0 cm³/mol. The Bertz CT molecular complexity index is 704. The molecule has 0 saturated carbocycles. The fraction of sp³-hybridized carbons (Fsp3) is 0.0714. The van der Waals surface area contributed by atoms with E-state index in [9.17, 15) is 19.1 Å². The minimum absolute atomic E-state index is 0.0571. The van der Waals surface area contributed by atoms with Gasteiger partial charge in [-0.15, -0.1) is 0 Å². The molecule has 0 amide bonds. The quantitative estimate of drug-likeness (QED) is 0.441. The molecule has 108 valence electrons. The maximum Gasteiger partial charge on any atom is 0.376 e. The van der Waals surface area contributed by atoms with Crippen molar-refractivity contribution in [1.29, 1.82) is 0 Å². The highest BCUT2D eigenvalue weighted by Crippen LogP contribution is 2.13. The lowest BCUT2D eigenvalue weighted by Crippen LogP contribution is -2.09. The number of aromatic amines is 1. The molecule has 1 aromatic heterocycles. The first-order chi connectivity index (χ1) is 9.95. The maximum absolute atomic E-state index is 12.8. The van der Waals surface area contributed by atoms with E-state index < -0.39 is 17.5 Å². The van der Waals surface area contributed by atoms with Gasteiger partial charge in [0, 0.05) is 18.2 Å². The molecule has 3 N–H and O–H groups in total. The second-order valence-corrected chi connectivity index (χ2v) is 4.28. The van der Waals surface area contributed by atoms with Gasteiger partial charge in [0.05, 0.1) is 0 Å². The lowest BCUT2D eigenvalue weighted by atomic mass is 10.1. The van der Waals surface area contributed by atoms with Crippen LogP contribution in [0.5, 0.6) is 0 Å². The third kappa shape index (κ3) is 3.75. The smallest absolute Gasteiger partial charge is 0.376 e. The number of aliphatic carboxylic acids is 1. The molecular formula is C14H11FN2O4. The van der Waals surface area contributed by atoms with Crippen LogP contribution in [-0.4, -0.2) is 32.2 Å². The van der Waals surface area contributed by atoms with Crippen molar-refractivity contribution in [3.8, 4) is 0 Å². The van der Waals surface area contributed by atoms with Crippen molar-refractivity contribution in [3.05, 3.63) is 59.2 Å². The first-order valence-electron chi connectivity index (χ1n) is 5.92. The van der Waals surface area contributed by atoms with Crippen LogP contribution < -0.4 is 0 Å². The number of nitrogens with zero attached hydrogens (tertiary/aromatic N) is 1. The molecule has 6 nitrogen and oxygen atoms in total. The van der Waals surface area contributed by atoms with E-state index >= 15 is 0 Å². The number of aliphatic hydroxyl groups excluding tert-OH is 1. The van der Waals surface area contributed by atoms with Crippen LogP contribution in [-0.2, 0) is 16.0 Å². The minimum Gasteiger partial charge on any atom is -0.505 e. The van der Waals surface area contributed by atoms with Gasteiger partial charge >= 0.3 is 5.97 Å². The van der Waals surface area contributed by atoms with E-state index in [0.29, 0.717) is 18.2 Å². The predicted octanol–water partition coefficient (Wildman–Crippen LogP) is 1.69. The van der Waals surface area contributed by atoms with Gasteiger partial charge in [-0.25, -0.2) is 9.18 Å². The number of ketones is 1. The summed E-state index contributed by atoms with van der Waals surface area (Å²) in [4.78, 5) is 21.3. The first-order valence-corrected chi connectivity index (χ1v) is 5.92. The molecule has 1 heterocycles. The Morgan fingerprint density at radius 3 is 2.52 bits per heavy atom. The number of H-pyrrole nitrogens is 1. The molecule has 0 spiro atoms. The van der Waals surface area contributed by atoms with Gasteiger partial charge in [0.2, 0.25) is 0 Å². The number of carboxylic acid groups (broad SMARTS) is 1. The molecule has 0 atom stereocenters. The molecule has 0 aliphatic rings. The summed E-state index contributed by atoms with van der Waals surface area (Å²) in [6.45, 7) is 0. The van der Waals surface area contributed by atoms with E-state index in [2.05, 4.69) is 10.2 Å². The number of aliphatic hydroxyl groups is 1. The van der Waals surface area contributed by atoms with Gasteiger partial charge in [0.15, 0.2) is 0 Å². The van der Waals surface area contributed by atoms with E-state index in [-0.39, 0.29) is 11.5 Å². The molecule has 2 rings (SSSR count). The molecule has 2 aromatic rings. The Balaban J connectivity index is 2.12. The first kappa shape index (κ1) is 14.4. The van der Waals surface area contributed by atoms with Crippen molar-refractivity contribution < 1.29 is 24.2 Å². The van der Waals surface area contributed by atoms with Crippen LogP contribution in [0.4, 0.5) is 4.39 Å². The van der Waals surface area contributed by atoms with Gasteiger partial charge in [-0.3, -0.25) is 9.89 Å². The summed E-state index contributed by atoms with van der Waals surface area (Å²) in [5.41, 5.74) is 1.51. The van der Waals surface area contributed by atoms with Crippen molar-refractivity contribution in [3.63, 3.8) is 0 Å². The van der Waals surface area contributed by atoms with E-state index in [1.165, 1.54) is 18.2 Å². The Morgan fingerprint density at radius 2 is 1.90 bits per heavy atom. The largest absolute Gasteiger partial charge is 0.505 e. The average molecular weight is 290 g/mol. The van der Waals surface area contributed by atoms with Crippen LogP contribution in [0.2, 0.25) is 0 Å². The van der Waals surface area contributed by atoms with E-state index in [0.717, 1.165) is 5.56 Å². The van der Waals surface area contributed by atoms with Crippen molar-refractivity contribution in [1.82, 2.24) is 10.2 Å². The lowest BCUT2D eigenvalue weighted by molar-refractivity contribution is -0.146. The van der Waals surface area contributed by atoms with Crippen LogP contribution in [0.25, 0.3) is 5.76 Å². The van der Waals surface area contributed by atoms with Crippen molar-refractivity contribution in [2.45, 2.75) is 6.42 Å². The second-order valence-electron chi connectivity index (χ2n) is 4.28. The Kier molecular flexibility index (Phi) is 4.13. The van der Waals surface area contributed by atoms with Crippen LogP contribution in [0.1, 0.15) is 17.0 Å². The number of rotatable bonds is 5. The molecule has 1 aromatic carbocycles. The molecule has 0 aliphatic heterocycles. The number of carbonyl (C=O) groups excluding carboxylic acids is 1. The number of hydrogen-bond donors (Lipinski definition) is 3. The number of nitrogens with one attached hydrogen (secondary N) is 1. The van der Waals surface area contributed by atoms with Crippen LogP contribution >= 0.6 is 0 Å². The third-order valence-electron chi connectivity index (χ3n) is 2.68.